The maximum atomic E-state index is 12.0. The molecule has 0 aromatic carbocycles. The first-order valence-electron chi connectivity index (χ1n) is 7.49. The van der Waals surface area contributed by atoms with Crippen LogP contribution in [0, 0.1) is 0 Å². The molecule has 0 saturated carbocycles. The highest BCUT2D eigenvalue weighted by Gasteiger charge is 2.31. The van der Waals surface area contributed by atoms with Crippen LogP contribution in [0.15, 0.2) is 0 Å². The highest BCUT2D eigenvalue weighted by Crippen LogP contribution is 2.17. The fraction of sp³-hybridized carbons (Fsp3) is 0.929. The minimum absolute atomic E-state index is 0.255. The molecule has 0 aromatic rings. The molecule has 2 aliphatic rings. The van der Waals surface area contributed by atoms with E-state index in [0.717, 1.165) is 45.7 Å². The van der Waals surface area contributed by atoms with Crippen molar-refractivity contribution in [3.8, 4) is 0 Å². The van der Waals surface area contributed by atoms with Crippen LogP contribution in [0.4, 0.5) is 0 Å². The quantitative estimate of drug-likeness (QED) is 0.671. The smallest absolute Gasteiger partial charge is 0.224 e. The molecule has 2 heterocycles. The van der Waals surface area contributed by atoms with Gasteiger partial charge in [0.15, 0.2) is 0 Å². The number of hydrogen-bond donors (Lipinski definition) is 0. The predicted molar refractivity (Wildman–Crippen MR) is 75.2 cm³/mol. The number of ether oxygens (including phenoxy) is 1. The highest BCUT2D eigenvalue weighted by atomic mass is 16.5. The summed E-state index contributed by atoms with van der Waals surface area (Å²) in [7, 11) is 2.18. The lowest BCUT2D eigenvalue weighted by Crippen LogP contribution is -2.50. The number of amides is 1. The Bertz CT molecular complexity index is 290. The number of likely N-dealkylation sites (N-methyl/N-ethyl adjacent to an activating group) is 1. The molecule has 2 rings (SSSR count). The van der Waals surface area contributed by atoms with Crippen molar-refractivity contribution in [2.24, 2.45) is 0 Å². The Kier molecular flexibility index (Phi) is 5.60. The summed E-state index contributed by atoms with van der Waals surface area (Å²) in [6.45, 7) is 9.62. The molecule has 5 nitrogen and oxygen atoms in total. The lowest BCUT2D eigenvalue weighted by molar-refractivity contribution is -0.131. The van der Waals surface area contributed by atoms with Gasteiger partial charge in [0.25, 0.3) is 0 Å². The average Bonchev–Trinajstić information content (AvgIpc) is 2.89. The fourth-order valence-electron chi connectivity index (χ4n) is 2.92. The first-order chi connectivity index (χ1) is 9.20. The van der Waals surface area contributed by atoms with E-state index in [9.17, 15) is 4.79 Å². The molecule has 0 N–H and O–H groups in total. The molecule has 1 atom stereocenters. The van der Waals surface area contributed by atoms with Gasteiger partial charge in [-0.25, -0.2) is 0 Å². The molecule has 0 aliphatic carbocycles. The Morgan fingerprint density at radius 1 is 1.21 bits per heavy atom. The van der Waals surface area contributed by atoms with Gasteiger partial charge in [0.2, 0.25) is 5.91 Å². The van der Waals surface area contributed by atoms with E-state index in [2.05, 4.69) is 16.8 Å². The number of likely N-dealkylation sites (tertiary alicyclic amines) is 1. The molecule has 1 unspecified atom stereocenters. The van der Waals surface area contributed by atoms with Gasteiger partial charge in [-0.05, 0) is 20.4 Å². The van der Waals surface area contributed by atoms with Crippen LogP contribution in [0.25, 0.3) is 0 Å². The topological polar surface area (TPSA) is 36.0 Å². The zero-order chi connectivity index (χ0) is 13.7. The number of carbonyl (C=O) groups is 1. The minimum atomic E-state index is 0.255. The third kappa shape index (κ3) is 4.16. The largest absolute Gasteiger partial charge is 0.381 e. The molecule has 5 heteroatoms. The second-order valence-corrected chi connectivity index (χ2v) is 5.57. The van der Waals surface area contributed by atoms with Crippen molar-refractivity contribution in [3.63, 3.8) is 0 Å². The van der Waals surface area contributed by atoms with Gasteiger partial charge < -0.3 is 14.5 Å². The molecule has 2 fully saturated rings. The molecule has 2 saturated heterocycles. The number of rotatable bonds is 5. The van der Waals surface area contributed by atoms with E-state index in [-0.39, 0.29) is 5.91 Å². The summed E-state index contributed by atoms with van der Waals surface area (Å²) in [5.41, 5.74) is 0. The molecule has 2 aliphatic heterocycles. The van der Waals surface area contributed by atoms with E-state index >= 15 is 0 Å². The SMILES string of the molecule is CCOCCC(=O)N1CCC(N2CCN(C)CC2)C1. The Hall–Kier alpha value is -0.650. The van der Waals surface area contributed by atoms with E-state index in [4.69, 9.17) is 4.74 Å². The number of nitrogens with zero attached hydrogens (tertiary/aromatic N) is 3. The molecule has 110 valence electrons. The molecule has 0 radical (unpaired) electrons. The van der Waals surface area contributed by atoms with Gasteiger partial charge in [-0.15, -0.1) is 0 Å². The number of carbonyl (C=O) groups excluding carboxylic acids is 1. The second kappa shape index (κ2) is 7.22. The summed E-state index contributed by atoms with van der Waals surface area (Å²) in [6.07, 6.45) is 1.66. The van der Waals surface area contributed by atoms with Gasteiger partial charge >= 0.3 is 0 Å². The van der Waals surface area contributed by atoms with Gasteiger partial charge in [0.1, 0.15) is 0 Å². The summed E-state index contributed by atoms with van der Waals surface area (Å²) in [6, 6.07) is 0.574. The van der Waals surface area contributed by atoms with E-state index in [1.807, 2.05) is 11.8 Å². The van der Waals surface area contributed by atoms with Crippen LogP contribution in [0.3, 0.4) is 0 Å². The fourth-order valence-corrected chi connectivity index (χ4v) is 2.92. The maximum absolute atomic E-state index is 12.0. The Morgan fingerprint density at radius 3 is 2.63 bits per heavy atom. The van der Waals surface area contributed by atoms with Gasteiger partial charge in [-0.2, -0.15) is 0 Å². The second-order valence-electron chi connectivity index (χ2n) is 5.57. The molecule has 19 heavy (non-hydrogen) atoms. The number of hydrogen-bond acceptors (Lipinski definition) is 4. The van der Waals surface area contributed by atoms with Crippen molar-refractivity contribution in [3.05, 3.63) is 0 Å². The minimum Gasteiger partial charge on any atom is -0.381 e. The lowest BCUT2D eigenvalue weighted by Gasteiger charge is -2.36. The van der Waals surface area contributed by atoms with Crippen molar-refractivity contribution < 1.29 is 9.53 Å². The molecular formula is C14H27N3O2. The highest BCUT2D eigenvalue weighted by molar-refractivity contribution is 5.76. The van der Waals surface area contributed by atoms with E-state index in [0.29, 0.717) is 25.7 Å². The maximum Gasteiger partial charge on any atom is 0.224 e. The normalized spacial score (nSPS) is 26.0. The Morgan fingerprint density at radius 2 is 1.95 bits per heavy atom. The molecule has 0 bridgehead atoms. The Labute approximate surface area is 116 Å². The van der Waals surface area contributed by atoms with Crippen LogP contribution in [-0.2, 0) is 9.53 Å². The summed E-state index contributed by atoms with van der Waals surface area (Å²) in [4.78, 5) is 19.0. The standard InChI is InChI=1S/C14H27N3O2/c1-3-19-11-5-14(18)17-6-4-13(12-17)16-9-7-15(2)8-10-16/h13H,3-12H2,1-2H3. The third-order valence-corrected chi connectivity index (χ3v) is 4.23. The zero-order valence-electron chi connectivity index (χ0n) is 12.3. The van der Waals surface area contributed by atoms with Crippen LogP contribution < -0.4 is 0 Å². The average molecular weight is 269 g/mol. The first-order valence-corrected chi connectivity index (χ1v) is 7.49. The monoisotopic (exact) mass is 269 g/mol. The lowest BCUT2D eigenvalue weighted by atomic mass is 10.2. The summed E-state index contributed by atoms with van der Waals surface area (Å²) in [5, 5.41) is 0. The van der Waals surface area contributed by atoms with Gasteiger partial charge in [0, 0.05) is 51.9 Å². The summed E-state index contributed by atoms with van der Waals surface area (Å²) >= 11 is 0. The summed E-state index contributed by atoms with van der Waals surface area (Å²) < 4.78 is 5.26. The first kappa shape index (κ1) is 14.8. The van der Waals surface area contributed by atoms with Crippen molar-refractivity contribution in [2.75, 3.05) is 59.5 Å². The van der Waals surface area contributed by atoms with Crippen LogP contribution in [0.1, 0.15) is 19.8 Å². The van der Waals surface area contributed by atoms with Gasteiger partial charge in [-0.3, -0.25) is 9.69 Å². The summed E-state index contributed by atoms with van der Waals surface area (Å²) in [5.74, 6) is 0.255. The molecule has 1 amide bonds. The van der Waals surface area contributed by atoms with Crippen LogP contribution >= 0.6 is 0 Å². The predicted octanol–water partition coefficient (Wildman–Crippen LogP) is 0.261. The molecule has 0 aromatic heterocycles. The van der Waals surface area contributed by atoms with Crippen LogP contribution in [0.5, 0.6) is 0 Å². The van der Waals surface area contributed by atoms with Crippen molar-refractivity contribution in [2.45, 2.75) is 25.8 Å². The van der Waals surface area contributed by atoms with Crippen molar-refractivity contribution >= 4 is 5.91 Å². The molecule has 0 spiro atoms. The van der Waals surface area contributed by atoms with Gasteiger partial charge in [-0.1, -0.05) is 0 Å². The molecular weight excluding hydrogens is 242 g/mol. The van der Waals surface area contributed by atoms with E-state index < -0.39 is 0 Å². The van der Waals surface area contributed by atoms with Crippen LogP contribution in [0.2, 0.25) is 0 Å². The van der Waals surface area contributed by atoms with E-state index in [1.54, 1.807) is 0 Å². The van der Waals surface area contributed by atoms with E-state index in [1.165, 1.54) is 0 Å². The third-order valence-electron chi connectivity index (χ3n) is 4.23. The van der Waals surface area contributed by atoms with Gasteiger partial charge in [0.05, 0.1) is 13.0 Å². The van der Waals surface area contributed by atoms with Crippen molar-refractivity contribution in [1.82, 2.24) is 14.7 Å². The number of piperazine rings is 1. The Balaban J connectivity index is 1.72. The zero-order valence-corrected chi connectivity index (χ0v) is 12.3. The van der Waals surface area contributed by atoms with Crippen LogP contribution in [-0.4, -0.2) is 86.2 Å². The van der Waals surface area contributed by atoms with Crippen molar-refractivity contribution in [1.29, 1.82) is 0 Å².